The first kappa shape index (κ1) is 24.9. The van der Waals surface area contributed by atoms with E-state index in [9.17, 15) is 4.79 Å². The molecule has 1 aromatic heterocycles. The minimum Gasteiger partial charge on any atom is -0.497 e. The summed E-state index contributed by atoms with van der Waals surface area (Å²) in [5, 5.41) is 10.6. The monoisotopic (exact) mass is 511 g/mol. The lowest BCUT2D eigenvalue weighted by Crippen LogP contribution is -2.31. The van der Waals surface area contributed by atoms with E-state index in [0.29, 0.717) is 41.0 Å². The molecule has 194 valence electrons. The summed E-state index contributed by atoms with van der Waals surface area (Å²) < 4.78 is 18.5. The van der Waals surface area contributed by atoms with E-state index >= 15 is 0 Å². The van der Waals surface area contributed by atoms with Crippen molar-refractivity contribution in [1.29, 1.82) is 0 Å². The molecule has 0 saturated heterocycles. The van der Waals surface area contributed by atoms with Crippen molar-refractivity contribution in [3.05, 3.63) is 101 Å². The van der Waals surface area contributed by atoms with Gasteiger partial charge in [-0.1, -0.05) is 42.0 Å². The Morgan fingerprint density at radius 1 is 0.974 bits per heavy atom. The standard InChI is InChI=1S/C29H29N5O4/c1-18-5-7-20(8-6-18)16-38-22-11-9-21(10-12-22)27-26(19(2)32-29-30-17-31-34(27)29)28(35)33-24-15-23(36-3)13-14-25(24)37-4/h5-15,17,27H,16H2,1-4H3,(H,33,35)(H,30,31,32)/t27-/m1/s1. The predicted molar refractivity (Wildman–Crippen MR) is 145 cm³/mol. The molecule has 0 spiro atoms. The molecule has 0 unspecified atom stereocenters. The van der Waals surface area contributed by atoms with Gasteiger partial charge in [0.2, 0.25) is 5.95 Å². The first-order valence-corrected chi connectivity index (χ1v) is 12.2. The molecule has 38 heavy (non-hydrogen) atoms. The van der Waals surface area contributed by atoms with Crippen LogP contribution in [0.15, 0.2) is 84.3 Å². The summed E-state index contributed by atoms with van der Waals surface area (Å²) in [4.78, 5) is 18.0. The zero-order valence-corrected chi connectivity index (χ0v) is 21.7. The lowest BCUT2D eigenvalue weighted by molar-refractivity contribution is -0.113. The maximum Gasteiger partial charge on any atom is 0.255 e. The van der Waals surface area contributed by atoms with Crippen LogP contribution in [-0.4, -0.2) is 34.9 Å². The zero-order chi connectivity index (χ0) is 26.6. The number of aromatic nitrogens is 3. The molecule has 2 N–H and O–H groups in total. The van der Waals surface area contributed by atoms with E-state index in [-0.39, 0.29) is 5.91 Å². The molecule has 0 bridgehead atoms. The molecule has 9 heteroatoms. The van der Waals surface area contributed by atoms with Gasteiger partial charge in [0, 0.05) is 11.8 Å². The Kier molecular flexibility index (Phi) is 6.99. The number of hydrogen-bond donors (Lipinski definition) is 2. The first-order valence-electron chi connectivity index (χ1n) is 12.2. The smallest absolute Gasteiger partial charge is 0.255 e. The van der Waals surface area contributed by atoms with E-state index in [2.05, 4.69) is 51.9 Å². The van der Waals surface area contributed by atoms with Gasteiger partial charge in [0.15, 0.2) is 0 Å². The number of rotatable bonds is 8. The lowest BCUT2D eigenvalue weighted by atomic mass is 9.95. The summed E-state index contributed by atoms with van der Waals surface area (Å²) >= 11 is 0. The zero-order valence-electron chi connectivity index (χ0n) is 21.7. The van der Waals surface area contributed by atoms with Crippen LogP contribution in [-0.2, 0) is 11.4 Å². The summed E-state index contributed by atoms with van der Waals surface area (Å²) in [6, 6.07) is 20.7. The Labute approximate surface area is 221 Å². The van der Waals surface area contributed by atoms with Crippen LogP contribution < -0.4 is 24.8 Å². The highest BCUT2D eigenvalue weighted by atomic mass is 16.5. The van der Waals surface area contributed by atoms with Gasteiger partial charge in [-0.25, -0.2) is 4.68 Å². The molecule has 1 atom stereocenters. The fraction of sp³-hybridized carbons (Fsp3) is 0.207. The molecule has 2 heterocycles. The molecule has 3 aromatic carbocycles. The third-order valence-electron chi connectivity index (χ3n) is 6.42. The Hall–Kier alpha value is -4.79. The van der Waals surface area contributed by atoms with Gasteiger partial charge in [-0.3, -0.25) is 4.79 Å². The van der Waals surface area contributed by atoms with E-state index in [1.807, 2.05) is 31.2 Å². The van der Waals surface area contributed by atoms with E-state index in [1.165, 1.54) is 11.9 Å². The molecule has 0 radical (unpaired) electrons. The van der Waals surface area contributed by atoms with Crippen molar-refractivity contribution >= 4 is 17.5 Å². The number of methoxy groups -OCH3 is 2. The number of allylic oxidation sites excluding steroid dienone is 1. The van der Waals surface area contributed by atoms with Crippen LogP contribution in [0.5, 0.6) is 17.2 Å². The van der Waals surface area contributed by atoms with Crippen LogP contribution >= 0.6 is 0 Å². The number of aryl methyl sites for hydroxylation is 1. The van der Waals surface area contributed by atoms with E-state index in [4.69, 9.17) is 14.2 Å². The van der Waals surface area contributed by atoms with Crippen molar-refractivity contribution in [1.82, 2.24) is 14.8 Å². The molecule has 1 aliphatic heterocycles. The van der Waals surface area contributed by atoms with Crippen LogP contribution in [0.25, 0.3) is 0 Å². The van der Waals surface area contributed by atoms with E-state index in [0.717, 1.165) is 16.9 Å². The van der Waals surface area contributed by atoms with Crippen molar-refractivity contribution in [3.8, 4) is 17.2 Å². The maximum absolute atomic E-state index is 13.7. The van der Waals surface area contributed by atoms with E-state index < -0.39 is 6.04 Å². The van der Waals surface area contributed by atoms with Gasteiger partial charge in [-0.2, -0.15) is 10.1 Å². The van der Waals surface area contributed by atoms with Gasteiger partial charge in [0.1, 0.15) is 36.2 Å². The number of carbonyl (C=O) groups is 1. The van der Waals surface area contributed by atoms with Gasteiger partial charge in [-0.05, 0) is 49.2 Å². The number of anilines is 2. The summed E-state index contributed by atoms with van der Waals surface area (Å²) in [5.41, 5.74) is 4.84. The largest absolute Gasteiger partial charge is 0.497 e. The number of amides is 1. The highest BCUT2D eigenvalue weighted by molar-refractivity contribution is 6.06. The number of nitrogens with zero attached hydrogens (tertiary/aromatic N) is 3. The number of hydrogen-bond acceptors (Lipinski definition) is 7. The van der Waals surface area contributed by atoms with Crippen LogP contribution in [0.4, 0.5) is 11.6 Å². The third-order valence-corrected chi connectivity index (χ3v) is 6.42. The van der Waals surface area contributed by atoms with Gasteiger partial charge < -0.3 is 24.8 Å². The van der Waals surface area contributed by atoms with Crippen molar-refractivity contribution in [2.75, 3.05) is 24.9 Å². The Balaban J connectivity index is 1.42. The molecule has 0 aliphatic carbocycles. The Bertz CT molecular complexity index is 1480. The Morgan fingerprint density at radius 2 is 1.71 bits per heavy atom. The summed E-state index contributed by atoms with van der Waals surface area (Å²) in [6.07, 6.45) is 1.47. The second kappa shape index (κ2) is 10.7. The highest BCUT2D eigenvalue weighted by Crippen LogP contribution is 2.37. The lowest BCUT2D eigenvalue weighted by Gasteiger charge is -2.29. The van der Waals surface area contributed by atoms with Gasteiger partial charge in [0.05, 0.1) is 25.5 Å². The number of carbonyl (C=O) groups excluding carboxylic acids is 1. The van der Waals surface area contributed by atoms with Crippen LogP contribution in [0.3, 0.4) is 0 Å². The van der Waals surface area contributed by atoms with Crippen LogP contribution in [0.2, 0.25) is 0 Å². The fourth-order valence-corrected chi connectivity index (χ4v) is 4.39. The number of fused-ring (bicyclic) bond motifs is 1. The van der Waals surface area contributed by atoms with E-state index in [1.54, 1.807) is 37.1 Å². The molecule has 5 rings (SSSR count). The SMILES string of the molecule is COc1ccc(OC)c(NC(=O)C2=C(C)Nc3ncnn3[C@@H]2c2ccc(OCc3ccc(C)cc3)cc2)c1. The van der Waals surface area contributed by atoms with Crippen LogP contribution in [0.1, 0.15) is 29.7 Å². The fourth-order valence-electron chi connectivity index (χ4n) is 4.39. The molecule has 0 saturated carbocycles. The summed E-state index contributed by atoms with van der Waals surface area (Å²) in [7, 11) is 3.12. The number of ether oxygens (including phenoxy) is 3. The van der Waals surface area contributed by atoms with Gasteiger partial charge in [-0.15, -0.1) is 0 Å². The molecule has 9 nitrogen and oxygen atoms in total. The molecule has 1 amide bonds. The molecular weight excluding hydrogens is 482 g/mol. The second-order valence-electron chi connectivity index (χ2n) is 8.96. The van der Waals surface area contributed by atoms with Crippen molar-refractivity contribution in [2.45, 2.75) is 26.5 Å². The van der Waals surface area contributed by atoms with Gasteiger partial charge >= 0.3 is 0 Å². The number of benzene rings is 3. The third kappa shape index (κ3) is 5.04. The maximum atomic E-state index is 13.7. The molecule has 4 aromatic rings. The van der Waals surface area contributed by atoms with Crippen molar-refractivity contribution in [3.63, 3.8) is 0 Å². The normalized spacial score (nSPS) is 14.4. The molecule has 1 aliphatic rings. The predicted octanol–water partition coefficient (Wildman–Crippen LogP) is 5.11. The minimum absolute atomic E-state index is 0.299. The van der Waals surface area contributed by atoms with Crippen molar-refractivity contribution in [2.24, 2.45) is 0 Å². The second-order valence-corrected chi connectivity index (χ2v) is 8.96. The topological polar surface area (TPSA) is 99.5 Å². The highest BCUT2D eigenvalue weighted by Gasteiger charge is 2.33. The summed E-state index contributed by atoms with van der Waals surface area (Å²) in [5.74, 6) is 2.11. The average Bonchev–Trinajstić information content (AvgIpc) is 3.40. The first-order chi connectivity index (χ1) is 18.5. The number of nitrogens with one attached hydrogen (secondary N) is 2. The van der Waals surface area contributed by atoms with Gasteiger partial charge in [0.25, 0.3) is 5.91 Å². The molecule has 0 fully saturated rings. The molecular formula is C29H29N5O4. The Morgan fingerprint density at radius 3 is 2.42 bits per heavy atom. The summed E-state index contributed by atoms with van der Waals surface area (Å²) in [6.45, 7) is 4.37. The van der Waals surface area contributed by atoms with Crippen molar-refractivity contribution < 1.29 is 19.0 Å². The average molecular weight is 512 g/mol. The van der Waals surface area contributed by atoms with Crippen LogP contribution in [0, 0.1) is 6.92 Å². The minimum atomic E-state index is -0.503. The quantitative estimate of drug-likeness (QED) is 0.339.